The molecule has 1 N–H and O–H groups in total. The number of amides is 1. The van der Waals surface area contributed by atoms with E-state index in [0.717, 1.165) is 36.7 Å². The highest BCUT2D eigenvalue weighted by Gasteiger charge is 2.41. The van der Waals surface area contributed by atoms with Crippen molar-refractivity contribution in [2.24, 2.45) is 5.41 Å². The van der Waals surface area contributed by atoms with Gasteiger partial charge in [0.05, 0.1) is 6.42 Å². The highest BCUT2D eigenvalue weighted by Crippen LogP contribution is 2.48. The van der Waals surface area contributed by atoms with Crippen LogP contribution in [0.2, 0.25) is 0 Å². The number of rotatable bonds is 6. The first-order valence-corrected chi connectivity index (χ1v) is 7.43. The van der Waals surface area contributed by atoms with Crippen molar-refractivity contribution in [2.75, 3.05) is 11.9 Å². The molecule has 0 spiro atoms. The minimum absolute atomic E-state index is 0.0849. The SMILES string of the molecule is O=C(Cc1ccc(F)c(F)c1)NCC1(CCBr)CC1. The summed E-state index contributed by atoms with van der Waals surface area (Å²) in [5, 5.41) is 3.81. The van der Waals surface area contributed by atoms with E-state index in [9.17, 15) is 13.6 Å². The Labute approximate surface area is 119 Å². The molecule has 1 saturated carbocycles. The molecule has 19 heavy (non-hydrogen) atoms. The zero-order valence-electron chi connectivity index (χ0n) is 10.5. The minimum atomic E-state index is -0.914. The van der Waals surface area contributed by atoms with Gasteiger partial charge in [-0.3, -0.25) is 4.79 Å². The van der Waals surface area contributed by atoms with Gasteiger partial charge in [-0.25, -0.2) is 8.78 Å². The van der Waals surface area contributed by atoms with Crippen LogP contribution in [0, 0.1) is 17.0 Å². The van der Waals surface area contributed by atoms with Crippen LogP contribution in [0.15, 0.2) is 18.2 Å². The van der Waals surface area contributed by atoms with Crippen LogP contribution in [0.3, 0.4) is 0 Å². The topological polar surface area (TPSA) is 29.1 Å². The average Bonchev–Trinajstić information content (AvgIpc) is 3.12. The summed E-state index contributed by atoms with van der Waals surface area (Å²) in [6.07, 6.45) is 3.42. The first-order chi connectivity index (χ1) is 9.04. The summed E-state index contributed by atoms with van der Waals surface area (Å²) < 4.78 is 25.8. The quantitative estimate of drug-likeness (QED) is 0.797. The highest BCUT2D eigenvalue weighted by atomic mass is 79.9. The summed E-state index contributed by atoms with van der Waals surface area (Å²) in [6.45, 7) is 0.668. The van der Waals surface area contributed by atoms with E-state index in [1.54, 1.807) is 0 Å². The van der Waals surface area contributed by atoms with Crippen molar-refractivity contribution < 1.29 is 13.6 Å². The molecule has 0 atom stereocenters. The van der Waals surface area contributed by atoms with Gasteiger partial charge in [0, 0.05) is 11.9 Å². The lowest BCUT2D eigenvalue weighted by molar-refractivity contribution is -0.120. The van der Waals surface area contributed by atoms with E-state index in [-0.39, 0.29) is 17.7 Å². The molecule has 0 saturated heterocycles. The van der Waals surface area contributed by atoms with Gasteiger partial charge in [-0.15, -0.1) is 0 Å². The summed E-state index contributed by atoms with van der Waals surface area (Å²) in [5.41, 5.74) is 0.745. The lowest BCUT2D eigenvalue weighted by Crippen LogP contribution is -2.31. The van der Waals surface area contributed by atoms with Crippen LogP contribution in [-0.4, -0.2) is 17.8 Å². The van der Waals surface area contributed by atoms with Crippen molar-refractivity contribution >= 4 is 21.8 Å². The Kier molecular flexibility index (Phi) is 4.55. The zero-order valence-corrected chi connectivity index (χ0v) is 12.1. The maximum atomic E-state index is 13.0. The van der Waals surface area contributed by atoms with Crippen molar-refractivity contribution in [1.82, 2.24) is 5.32 Å². The average molecular weight is 332 g/mol. The number of hydrogen-bond acceptors (Lipinski definition) is 1. The third-order valence-corrected chi connectivity index (χ3v) is 3.99. The Morgan fingerprint density at radius 3 is 2.63 bits per heavy atom. The molecule has 0 aliphatic heterocycles. The van der Waals surface area contributed by atoms with E-state index in [1.165, 1.54) is 6.07 Å². The Morgan fingerprint density at radius 2 is 2.05 bits per heavy atom. The number of carbonyl (C=O) groups excluding carboxylic acids is 1. The Morgan fingerprint density at radius 1 is 1.32 bits per heavy atom. The lowest BCUT2D eigenvalue weighted by atomic mass is 10.0. The highest BCUT2D eigenvalue weighted by molar-refractivity contribution is 9.09. The molecule has 1 aromatic carbocycles. The molecule has 0 aromatic heterocycles. The summed E-state index contributed by atoms with van der Waals surface area (Å²) in [5.74, 6) is -1.95. The van der Waals surface area contributed by atoms with Gasteiger partial charge in [0.25, 0.3) is 0 Å². The van der Waals surface area contributed by atoms with Crippen LogP contribution < -0.4 is 5.32 Å². The normalized spacial score (nSPS) is 16.2. The first-order valence-electron chi connectivity index (χ1n) is 6.31. The Hall–Kier alpha value is -0.970. The molecule has 1 aliphatic rings. The van der Waals surface area contributed by atoms with Crippen molar-refractivity contribution in [1.29, 1.82) is 0 Å². The van der Waals surface area contributed by atoms with Gasteiger partial charge in [-0.05, 0) is 42.4 Å². The van der Waals surface area contributed by atoms with Gasteiger partial charge in [0.1, 0.15) is 0 Å². The van der Waals surface area contributed by atoms with Crippen LogP contribution >= 0.6 is 15.9 Å². The third-order valence-electron chi connectivity index (χ3n) is 3.59. The largest absolute Gasteiger partial charge is 0.355 e. The predicted molar refractivity (Wildman–Crippen MR) is 73.1 cm³/mol. The van der Waals surface area contributed by atoms with Gasteiger partial charge in [-0.1, -0.05) is 22.0 Å². The van der Waals surface area contributed by atoms with Crippen molar-refractivity contribution in [3.63, 3.8) is 0 Å². The molecule has 1 aliphatic carbocycles. The fraction of sp³-hybridized carbons (Fsp3) is 0.500. The summed E-state index contributed by atoms with van der Waals surface area (Å²) >= 11 is 3.41. The minimum Gasteiger partial charge on any atom is -0.355 e. The van der Waals surface area contributed by atoms with E-state index in [2.05, 4.69) is 21.2 Å². The molecule has 1 aromatic rings. The molecule has 2 nitrogen and oxygen atoms in total. The van der Waals surface area contributed by atoms with Crippen LogP contribution in [-0.2, 0) is 11.2 Å². The van der Waals surface area contributed by atoms with E-state index < -0.39 is 11.6 Å². The fourth-order valence-electron chi connectivity index (χ4n) is 2.08. The molecular formula is C14H16BrF2NO. The molecule has 0 bridgehead atoms. The zero-order chi connectivity index (χ0) is 13.9. The number of alkyl halides is 1. The predicted octanol–water partition coefficient (Wildman–Crippen LogP) is 3.19. The summed E-state index contributed by atoms with van der Waals surface area (Å²) in [7, 11) is 0. The molecule has 0 radical (unpaired) electrons. The van der Waals surface area contributed by atoms with Crippen LogP contribution in [0.5, 0.6) is 0 Å². The monoisotopic (exact) mass is 331 g/mol. The number of halogens is 3. The Balaban J connectivity index is 1.82. The molecule has 5 heteroatoms. The van der Waals surface area contributed by atoms with Crippen LogP contribution in [0.25, 0.3) is 0 Å². The van der Waals surface area contributed by atoms with Gasteiger partial charge in [-0.2, -0.15) is 0 Å². The van der Waals surface area contributed by atoms with Crippen LogP contribution in [0.1, 0.15) is 24.8 Å². The van der Waals surface area contributed by atoms with Gasteiger partial charge in [0.2, 0.25) is 5.91 Å². The van der Waals surface area contributed by atoms with Crippen molar-refractivity contribution in [2.45, 2.75) is 25.7 Å². The van der Waals surface area contributed by atoms with E-state index in [1.807, 2.05) is 0 Å². The molecule has 104 valence electrons. The molecule has 0 heterocycles. The van der Waals surface area contributed by atoms with Crippen LogP contribution in [0.4, 0.5) is 8.78 Å². The Bertz CT molecular complexity index is 475. The van der Waals surface area contributed by atoms with Crippen molar-refractivity contribution in [3.05, 3.63) is 35.4 Å². The second-order valence-electron chi connectivity index (χ2n) is 5.14. The van der Waals surface area contributed by atoms with E-state index in [4.69, 9.17) is 0 Å². The number of hydrogen-bond donors (Lipinski definition) is 1. The number of benzene rings is 1. The second-order valence-corrected chi connectivity index (χ2v) is 5.93. The smallest absolute Gasteiger partial charge is 0.224 e. The summed E-state index contributed by atoms with van der Waals surface area (Å²) in [4.78, 5) is 11.7. The third kappa shape index (κ3) is 4.00. The fourth-order valence-corrected chi connectivity index (χ4v) is 2.92. The maximum absolute atomic E-state index is 13.0. The maximum Gasteiger partial charge on any atom is 0.224 e. The molecular weight excluding hydrogens is 316 g/mol. The van der Waals surface area contributed by atoms with E-state index in [0.29, 0.717) is 12.1 Å². The van der Waals surface area contributed by atoms with Crippen molar-refractivity contribution in [3.8, 4) is 0 Å². The number of carbonyl (C=O) groups is 1. The lowest BCUT2D eigenvalue weighted by Gasteiger charge is -2.14. The number of nitrogens with one attached hydrogen (secondary N) is 1. The first kappa shape index (κ1) is 14.4. The van der Waals surface area contributed by atoms with Gasteiger partial charge in [0.15, 0.2) is 11.6 Å². The molecule has 1 amide bonds. The van der Waals surface area contributed by atoms with E-state index >= 15 is 0 Å². The summed E-state index contributed by atoms with van der Waals surface area (Å²) in [6, 6.07) is 3.55. The van der Waals surface area contributed by atoms with Gasteiger partial charge < -0.3 is 5.32 Å². The standard InChI is InChI=1S/C14H16BrF2NO/c15-6-5-14(3-4-14)9-18-13(19)8-10-1-2-11(16)12(17)7-10/h1-2,7H,3-6,8-9H2,(H,18,19). The molecule has 0 unspecified atom stereocenters. The second kappa shape index (κ2) is 5.99. The molecule has 1 fully saturated rings. The molecule has 2 rings (SSSR count). The van der Waals surface area contributed by atoms with Gasteiger partial charge >= 0.3 is 0 Å².